The van der Waals surface area contributed by atoms with Crippen molar-refractivity contribution in [3.63, 3.8) is 0 Å². The van der Waals surface area contributed by atoms with E-state index < -0.39 is 11.4 Å². The Morgan fingerprint density at radius 2 is 1.85 bits per heavy atom. The Balaban J connectivity index is 1.27. The molecule has 212 valence electrons. The third kappa shape index (κ3) is 4.06. The molecule has 4 aromatic rings. The molecule has 0 amide bonds. The number of piperazine rings is 1. The van der Waals surface area contributed by atoms with E-state index in [0.717, 1.165) is 51.9 Å². The van der Waals surface area contributed by atoms with E-state index in [4.69, 9.17) is 9.72 Å². The van der Waals surface area contributed by atoms with Crippen molar-refractivity contribution in [2.45, 2.75) is 56.1 Å². The highest BCUT2D eigenvalue weighted by Crippen LogP contribution is 2.40. The molecule has 4 aliphatic heterocycles. The minimum Gasteiger partial charge on any atom is -0.508 e. The zero-order valence-corrected chi connectivity index (χ0v) is 22.9. The van der Waals surface area contributed by atoms with Gasteiger partial charge in [0.1, 0.15) is 24.0 Å². The predicted octanol–water partition coefficient (Wildman–Crippen LogP) is 3.73. The Morgan fingerprint density at radius 3 is 2.63 bits per heavy atom. The average molecular weight is 557 g/mol. The Morgan fingerprint density at radius 1 is 1.07 bits per heavy atom. The van der Waals surface area contributed by atoms with Crippen LogP contribution in [0.25, 0.3) is 27.2 Å². The molecule has 0 saturated carbocycles. The van der Waals surface area contributed by atoms with E-state index in [1.54, 1.807) is 24.4 Å². The lowest BCUT2D eigenvalue weighted by Gasteiger charge is -2.35. The first-order chi connectivity index (χ1) is 20.0. The van der Waals surface area contributed by atoms with Gasteiger partial charge in [-0.2, -0.15) is 14.8 Å². The summed E-state index contributed by atoms with van der Waals surface area (Å²) in [6.45, 7) is 4.35. The van der Waals surface area contributed by atoms with E-state index in [1.165, 1.54) is 35.7 Å². The number of nitrogens with one attached hydrogen (secondary N) is 1. The van der Waals surface area contributed by atoms with Crippen LogP contribution in [0.1, 0.15) is 38.5 Å². The zero-order chi connectivity index (χ0) is 27.7. The SMILES string of the molecule is O=c1c2cc(OCC34CCCN3CCC4)nc(N3CC4CCC(C3)N4)c2cnn1-c1cc(O)cc2cccc(F)c12. The van der Waals surface area contributed by atoms with Gasteiger partial charge >= 0.3 is 0 Å². The maximum atomic E-state index is 15.0. The molecule has 6 heterocycles. The maximum absolute atomic E-state index is 15.0. The van der Waals surface area contributed by atoms with Crippen LogP contribution >= 0.6 is 0 Å². The molecule has 9 nitrogen and oxygen atoms in total. The second-order valence-electron chi connectivity index (χ2n) is 12.2. The van der Waals surface area contributed by atoms with E-state index in [0.29, 0.717) is 46.5 Å². The number of hydrogen-bond acceptors (Lipinski definition) is 8. The van der Waals surface area contributed by atoms with Gasteiger partial charge in [-0.1, -0.05) is 12.1 Å². The van der Waals surface area contributed by atoms with Crippen molar-refractivity contribution in [3.8, 4) is 17.3 Å². The Hall–Kier alpha value is -3.76. The van der Waals surface area contributed by atoms with Crippen LogP contribution in [0.4, 0.5) is 10.2 Å². The number of phenols is 1. The topological polar surface area (TPSA) is 95.8 Å². The molecule has 0 aliphatic carbocycles. The summed E-state index contributed by atoms with van der Waals surface area (Å²) in [7, 11) is 0. The van der Waals surface area contributed by atoms with Crippen LogP contribution in [0.15, 0.2) is 47.4 Å². The molecular formula is C31H33FN6O3. The van der Waals surface area contributed by atoms with Crippen molar-refractivity contribution in [1.29, 1.82) is 0 Å². The van der Waals surface area contributed by atoms with Crippen LogP contribution in [0.3, 0.4) is 0 Å². The first kappa shape index (κ1) is 25.0. The van der Waals surface area contributed by atoms with Crippen LogP contribution in [-0.4, -0.2) is 75.2 Å². The summed E-state index contributed by atoms with van der Waals surface area (Å²) in [5.74, 6) is 0.568. The monoisotopic (exact) mass is 556 g/mol. The minimum absolute atomic E-state index is 0.0431. The molecule has 4 saturated heterocycles. The third-order valence-corrected chi connectivity index (χ3v) is 9.67. The number of aromatic nitrogens is 3. The lowest BCUT2D eigenvalue weighted by molar-refractivity contribution is 0.111. The Labute approximate surface area is 236 Å². The van der Waals surface area contributed by atoms with E-state index >= 15 is 4.39 Å². The lowest BCUT2D eigenvalue weighted by atomic mass is 9.95. The number of pyridine rings is 1. The number of anilines is 1. The normalized spacial score (nSPS) is 23.5. The van der Waals surface area contributed by atoms with Gasteiger partial charge in [0.2, 0.25) is 5.88 Å². The van der Waals surface area contributed by atoms with Crippen molar-refractivity contribution >= 4 is 27.4 Å². The Bertz CT molecular complexity index is 1720. The fourth-order valence-corrected chi connectivity index (χ4v) is 7.74. The summed E-state index contributed by atoms with van der Waals surface area (Å²) >= 11 is 0. The van der Waals surface area contributed by atoms with E-state index in [9.17, 15) is 9.90 Å². The molecule has 10 heteroatoms. The van der Waals surface area contributed by atoms with Gasteiger partial charge in [-0.15, -0.1) is 0 Å². The molecule has 4 fully saturated rings. The van der Waals surface area contributed by atoms with E-state index in [2.05, 4.69) is 20.2 Å². The smallest absolute Gasteiger partial charge is 0.279 e. The number of nitrogens with zero attached hydrogens (tertiary/aromatic N) is 5. The highest BCUT2D eigenvalue weighted by molar-refractivity contribution is 5.94. The summed E-state index contributed by atoms with van der Waals surface area (Å²) in [5.41, 5.74) is -0.176. The highest BCUT2D eigenvalue weighted by atomic mass is 19.1. The van der Waals surface area contributed by atoms with E-state index in [-0.39, 0.29) is 22.4 Å². The van der Waals surface area contributed by atoms with E-state index in [1.807, 2.05) is 0 Å². The molecule has 0 radical (unpaired) electrons. The lowest BCUT2D eigenvalue weighted by Crippen LogP contribution is -2.51. The number of phenolic OH excluding ortho intramolecular Hbond substituents is 1. The predicted molar refractivity (Wildman–Crippen MR) is 155 cm³/mol. The summed E-state index contributed by atoms with van der Waals surface area (Å²) < 4.78 is 22.7. The number of halogens is 1. The quantitative estimate of drug-likeness (QED) is 0.384. The van der Waals surface area contributed by atoms with Gasteiger partial charge in [-0.25, -0.2) is 4.39 Å². The van der Waals surface area contributed by atoms with Crippen LogP contribution in [-0.2, 0) is 0 Å². The molecule has 4 aliphatic rings. The molecule has 2 bridgehead atoms. The van der Waals surface area contributed by atoms with Crippen molar-refractivity contribution in [3.05, 3.63) is 58.8 Å². The first-order valence-electron chi connectivity index (χ1n) is 14.7. The van der Waals surface area contributed by atoms with Crippen molar-refractivity contribution < 1.29 is 14.2 Å². The molecule has 2 aromatic carbocycles. The summed E-state index contributed by atoms with van der Waals surface area (Å²) in [4.78, 5) is 23.9. The summed E-state index contributed by atoms with van der Waals surface area (Å²) in [6.07, 6.45) is 8.45. The number of rotatable bonds is 5. The fourth-order valence-electron chi connectivity index (χ4n) is 7.74. The maximum Gasteiger partial charge on any atom is 0.279 e. The third-order valence-electron chi connectivity index (χ3n) is 9.67. The van der Waals surface area contributed by atoms with Crippen LogP contribution in [0, 0.1) is 5.82 Å². The zero-order valence-electron chi connectivity index (χ0n) is 22.9. The van der Waals surface area contributed by atoms with Gasteiger partial charge in [-0.05, 0) is 69.1 Å². The minimum atomic E-state index is -0.487. The largest absolute Gasteiger partial charge is 0.508 e. The van der Waals surface area contributed by atoms with Crippen LogP contribution in [0.2, 0.25) is 0 Å². The van der Waals surface area contributed by atoms with Gasteiger partial charge in [-0.3, -0.25) is 9.69 Å². The van der Waals surface area contributed by atoms with Crippen LogP contribution in [0.5, 0.6) is 11.6 Å². The average Bonchev–Trinajstić information content (AvgIpc) is 3.65. The highest BCUT2D eigenvalue weighted by Gasteiger charge is 2.45. The number of ether oxygens (including phenoxy) is 1. The molecule has 8 rings (SSSR count). The second-order valence-corrected chi connectivity index (χ2v) is 12.2. The molecule has 2 N–H and O–H groups in total. The van der Waals surface area contributed by atoms with Gasteiger partial charge in [0.15, 0.2) is 0 Å². The molecule has 0 spiro atoms. The van der Waals surface area contributed by atoms with Gasteiger partial charge in [0, 0.05) is 42.7 Å². The fraction of sp³-hybridized carbons (Fsp3) is 0.452. The van der Waals surface area contributed by atoms with Gasteiger partial charge in [0.25, 0.3) is 5.56 Å². The second kappa shape index (κ2) is 9.39. The standard InChI is InChI=1S/C31H33FN6O3/c32-25-5-1-4-19-12-22(39)13-26(28(19)25)38-30(40)23-14-27(41-18-31-8-2-10-37(31)11-3-9-31)35-29(24(23)15-33-38)36-16-20-6-7-21(17-36)34-20/h1,4-5,12-15,20-21,34,39H,2-3,6-11,16-18H2. The molecular weight excluding hydrogens is 523 g/mol. The summed E-state index contributed by atoms with van der Waals surface area (Å²) in [5, 5.41) is 20.3. The molecule has 2 atom stereocenters. The summed E-state index contributed by atoms with van der Waals surface area (Å²) in [6, 6.07) is 9.97. The number of benzene rings is 2. The van der Waals surface area contributed by atoms with Crippen molar-refractivity contribution in [2.24, 2.45) is 0 Å². The molecule has 2 unspecified atom stereocenters. The molecule has 2 aromatic heterocycles. The molecule has 41 heavy (non-hydrogen) atoms. The van der Waals surface area contributed by atoms with Crippen molar-refractivity contribution in [1.82, 2.24) is 25.0 Å². The van der Waals surface area contributed by atoms with Gasteiger partial charge < -0.3 is 20.1 Å². The number of hydrogen-bond donors (Lipinski definition) is 2. The van der Waals surface area contributed by atoms with Crippen molar-refractivity contribution in [2.75, 3.05) is 37.7 Å². The first-order valence-corrected chi connectivity index (χ1v) is 14.7. The Kier molecular flexibility index (Phi) is 5.72. The number of fused-ring (bicyclic) bond motifs is 5. The number of aromatic hydroxyl groups is 1. The van der Waals surface area contributed by atoms with Gasteiger partial charge in [0.05, 0.1) is 28.2 Å². The van der Waals surface area contributed by atoms with Crippen LogP contribution < -0.4 is 20.5 Å².